The predicted molar refractivity (Wildman–Crippen MR) is 99.8 cm³/mol. The third-order valence-electron chi connectivity index (χ3n) is 2.86. The van der Waals surface area contributed by atoms with Gasteiger partial charge < -0.3 is 34.1 Å². The van der Waals surface area contributed by atoms with E-state index < -0.39 is 9.05 Å². The molecule has 0 radical (unpaired) electrons. The minimum Gasteiger partial charge on any atom is -0.412 e. The first kappa shape index (κ1) is 36.6. The van der Waals surface area contributed by atoms with Crippen LogP contribution in [-0.2, 0) is 35.0 Å². The number of aliphatic hydroxyl groups is 1. The van der Waals surface area contributed by atoms with Crippen molar-refractivity contribution in [3.8, 4) is 0 Å². The first-order valence-corrected chi connectivity index (χ1v) is 10.5. The third-order valence-corrected chi connectivity index (χ3v) is 4.57. The van der Waals surface area contributed by atoms with Gasteiger partial charge in [0.2, 0.25) is 0 Å². The average molecular weight is 422 g/mol. The number of hydrogen-bond acceptors (Lipinski definition) is 5. The van der Waals surface area contributed by atoms with Crippen molar-refractivity contribution in [1.82, 2.24) is 0 Å². The molecule has 0 aromatic rings. The summed E-state index contributed by atoms with van der Waals surface area (Å²) < 4.78 is 16.2. The summed E-state index contributed by atoms with van der Waals surface area (Å²) >= 11 is 0. The van der Waals surface area contributed by atoms with Gasteiger partial charge in [0.1, 0.15) is 0 Å². The Kier molecular flexibility index (Phi) is 43.0. The topological polar surface area (TPSA) is 131 Å². The first-order valence-electron chi connectivity index (χ1n) is 8.85. The molecule has 0 aromatic heterocycles. The zero-order valence-corrected chi connectivity index (χ0v) is 19.2. The van der Waals surface area contributed by atoms with Crippen LogP contribution in [0.3, 0.4) is 0 Å². The van der Waals surface area contributed by atoms with Gasteiger partial charge in [-0.2, -0.15) is 0 Å². The second-order valence-electron chi connectivity index (χ2n) is 5.21. The van der Waals surface area contributed by atoms with Crippen LogP contribution in [0, 0.1) is 0 Å². The zero-order valence-electron chi connectivity index (χ0n) is 16.6. The Bertz CT molecular complexity index is 186. The molecule has 0 aliphatic carbocycles. The fourth-order valence-electron chi connectivity index (χ4n) is 1.32. The summed E-state index contributed by atoms with van der Waals surface area (Å²) in [6.07, 6.45) is 7.91. The van der Waals surface area contributed by atoms with Gasteiger partial charge in [0.15, 0.2) is 0 Å². The van der Waals surface area contributed by atoms with Crippen LogP contribution in [-0.4, -0.2) is 56.3 Å². The number of aliphatic hydroxyl groups excluding tert-OH is 1. The Morgan fingerprint density at radius 3 is 1.08 bits per heavy atom. The van der Waals surface area contributed by atoms with E-state index in [0.29, 0.717) is 26.4 Å². The van der Waals surface area contributed by atoms with Crippen LogP contribution in [0.1, 0.15) is 79.1 Å². The molecular formula is C16H42O7SiTi. The van der Waals surface area contributed by atoms with E-state index in [1.54, 1.807) is 0 Å². The zero-order chi connectivity index (χ0) is 17.1. The molecule has 25 heavy (non-hydrogen) atoms. The van der Waals surface area contributed by atoms with Gasteiger partial charge in [0, 0.05) is 48.1 Å². The van der Waals surface area contributed by atoms with E-state index in [9.17, 15) is 4.80 Å². The van der Waals surface area contributed by atoms with Crippen LogP contribution in [0.4, 0.5) is 0 Å². The van der Waals surface area contributed by atoms with Gasteiger partial charge in [-0.3, -0.25) is 0 Å². The second-order valence-corrected chi connectivity index (χ2v) is 7.12. The van der Waals surface area contributed by atoms with Crippen molar-refractivity contribution < 1.29 is 55.9 Å². The monoisotopic (exact) mass is 422 g/mol. The van der Waals surface area contributed by atoms with Crippen molar-refractivity contribution in [3.63, 3.8) is 0 Å². The normalized spacial score (nSPS) is 9.84. The molecule has 9 heteroatoms. The van der Waals surface area contributed by atoms with Gasteiger partial charge >= 0.3 is 9.05 Å². The number of rotatable bonds is 14. The van der Waals surface area contributed by atoms with Gasteiger partial charge in [0.25, 0.3) is 0 Å². The minimum absolute atomic E-state index is 0. The largest absolute Gasteiger partial charge is 0.676 e. The molecule has 0 rings (SSSR count). The smallest absolute Gasteiger partial charge is 0.412 e. The van der Waals surface area contributed by atoms with Gasteiger partial charge in [-0.25, -0.2) is 0 Å². The fourth-order valence-corrected chi connectivity index (χ4v) is 2.78. The maximum atomic E-state index is 10.2. The summed E-state index contributed by atoms with van der Waals surface area (Å²) in [5.41, 5.74) is 0. The van der Waals surface area contributed by atoms with Gasteiger partial charge in [-0.1, -0.05) is 53.4 Å². The summed E-state index contributed by atoms with van der Waals surface area (Å²) in [5.74, 6) is 0. The molecule has 0 heterocycles. The van der Waals surface area contributed by atoms with Crippen molar-refractivity contribution in [2.75, 3.05) is 26.4 Å². The number of unbranched alkanes of at least 4 members (excludes halogenated alkanes) is 4. The van der Waals surface area contributed by atoms with Crippen LogP contribution in [0.15, 0.2) is 0 Å². The molecule has 0 atom stereocenters. The SMILES string of the molecule is CCCCO.CCCCO[Si](O)(OCCCC)OCCCC.O.O.[Ti]. The van der Waals surface area contributed by atoms with Crippen LogP contribution < -0.4 is 0 Å². The van der Waals surface area contributed by atoms with E-state index in [0.717, 1.165) is 51.4 Å². The maximum absolute atomic E-state index is 10.2. The van der Waals surface area contributed by atoms with Gasteiger partial charge in [-0.15, -0.1) is 0 Å². The molecule has 156 valence electrons. The quantitative estimate of drug-likeness (QED) is 0.326. The summed E-state index contributed by atoms with van der Waals surface area (Å²) in [5, 5.41) is 8.07. The van der Waals surface area contributed by atoms with E-state index in [1.807, 2.05) is 0 Å². The van der Waals surface area contributed by atoms with Crippen molar-refractivity contribution in [3.05, 3.63) is 0 Å². The Labute approximate surface area is 170 Å². The van der Waals surface area contributed by atoms with Crippen LogP contribution in [0.5, 0.6) is 0 Å². The summed E-state index contributed by atoms with van der Waals surface area (Å²) in [6, 6.07) is 0. The fraction of sp³-hybridized carbons (Fsp3) is 1.00. The van der Waals surface area contributed by atoms with Gasteiger partial charge in [-0.05, 0) is 25.7 Å². The van der Waals surface area contributed by atoms with E-state index in [2.05, 4.69) is 27.7 Å². The van der Waals surface area contributed by atoms with Crippen molar-refractivity contribution in [1.29, 1.82) is 0 Å². The molecule has 0 aliphatic rings. The molecule has 7 nitrogen and oxygen atoms in total. The molecule has 0 saturated carbocycles. The third kappa shape index (κ3) is 29.7. The Balaban J connectivity index is -0.000000147. The van der Waals surface area contributed by atoms with Crippen LogP contribution >= 0.6 is 0 Å². The molecule has 6 N–H and O–H groups in total. The second kappa shape index (κ2) is 29.4. The number of hydrogen-bond donors (Lipinski definition) is 2. The standard InChI is InChI=1S/C12H28O4Si.C4H10O.2H2O.Ti/c1-4-7-10-14-17(13,15-11-8-5-2)16-12-9-6-3;1-2-3-4-5;;;/h13H,4-12H2,1-3H3;5H,2-4H2,1H3;2*1H2;. The average Bonchev–Trinajstić information content (AvgIpc) is 2.50. The summed E-state index contributed by atoms with van der Waals surface area (Å²) in [7, 11) is -3.36. The predicted octanol–water partition coefficient (Wildman–Crippen LogP) is 1.99. The molecule has 0 bridgehead atoms. The Morgan fingerprint density at radius 1 is 0.640 bits per heavy atom. The van der Waals surface area contributed by atoms with Crippen molar-refractivity contribution in [2.24, 2.45) is 0 Å². The van der Waals surface area contributed by atoms with Crippen LogP contribution in [0.25, 0.3) is 0 Å². The molecule has 0 fully saturated rings. The van der Waals surface area contributed by atoms with E-state index in [1.165, 1.54) is 0 Å². The van der Waals surface area contributed by atoms with E-state index >= 15 is 0 Å². The molecule has 0 unspecified atom stereocenters. The van der Waals surface area contributed by atoms with Crippen LogP contribution in [0.2, 0.25) is 0 Å². The molecule has 0 aliphatic heterocycles. The summed E-state index contributed by atoms with van der Waals surface area (Å²) in [4.78, 5) is 10.2. The molecule has 0 spiro atoms. The van der Waals surface area contributed by atoms with E-state index in [-0.39, 0.29) is 32.7 Å². The van der Waals surface area contributed by atoms with Gasteiger partial charge in [0.05, 0.1) is 0 Å². The molecule has 0 saturated heterocycles. The van der Waals surface area contributed by atoms with Crippen molar-refractivity contribution in [2.45, 2.75) is 79.1 Å². The summed E-state index contributed by atoms with van der Waals surface area (Å²) in [6.45, 7) is 10.2. The molecule has 0 amide bonds. The molecular weight excluding hydrogens is 380 g/mol. The van der Waals surface area contributed by atoms with Crippen molar-refractivity contribution >= 4 is 9.05 Å². The Morgan fingerprint density at radius 2 is 0.920 bits per heavy atom. The molecule has 0 aromatic carbocycles. The Hall–Kier alpha value is 0.651. The maximum Gasteiger partial charge on any atom is 0.676 e. The first-order chi connectivity index (χ1) is 10.6. The van der Waals surface area contributed by atoms with E-state index in [4.69, 9.17) is 18.4 Å². The minimum atomic E-state index is -3.36.